The van der Waals surface area contributed by atoms with Crippen molar-refractivity contribution in [3.05, 3.63) is 50.5 Å². The second-order valence-electron chi connectivity index (χ2n) is 3.80. The van der Waals surface area contributed by atoms with E-state index < -0.39 is 0 Å². The van der Waals surface area contributed by atoms with Gasteiger partial charge in [-0.1, -0.05) is 29.3 Å². The molecule has 1 heterocycles. The first-order valence-corrected chi connectivity index (χ1v) is 7.08. The summed E-state index contributed by atoms with van der Waals surface area (Å²) >= 11 is 15.4. The van der Waals surface area contributed by atoms with Crippen LogP contribution in [-0.4, -0.2) is 12.0 Å². The van der Waals surface area contributed by atoms with Crippen LogP contribution in [0.15, 0.2) is 34.8 Å². The van der Waals surface area contributed by atoms with Crippen LogP contribution in [0.3, 0.4) is 0 Å². The lowest BCUT2D eigenvalue weighted by Crippen LogP contribution is -2.06. The highest BCUT2D eigenvalue weighted by atomic mass is 79.9. The monoisotopic (exact) mass is 360 g/mol. The van der Waals surface area contributed by atoms with Crippen LogP contribution in [-0.2, 0) is 6.54 Å². The van der Waals surface area contributed by atoms with E-state index in [0.29, 0.717) is 28.2 Å². The lowest BCUT2D eigenvalue weighted by Gasteiger charge is -2.09. The molecular weight excluding hydrogens is 351 g/mol. The lowest BCUT2D eigenvalue weighted by molar-refractivity contribution is 0.460. The molecule has 0 spiro atoms. The van der Waals surface area contributed by atoms with Crippen molar-refractivity contribution in [2.45, 2.75) is 6.54 Å². The van der Waals surface area contributed by atoms with Gasteiger partial charge in [-0.05, 0) is 35.1 Å². The molecule has 1 N–H and O–H groups in total. The van der Waals surface area contributed by atoms with Crippen molar-refractivity contribution in [1.29, 1.82) is 0 Å². The number of benzene rings is 1. The average molecular weight is 362 g/mol. The maximum absolute atomic E-state index is 6.10. The van der Waals surface area contributed by atoms with Gasteiger partial charge in [0.25, 0.3) is 0 Å². The van der Waals surface area contributed by atoms with Crippen LogP contribution in [0.5, 0.6) is 11.6 Å². The normalized spacial score (nSPS) is 10.5. The Bertz CT molecular complexity index is 593. The Balaban J connectivity index is 2.25. The van der Waals surface area contributed by atoms with Gasteiger partial charge in [0, 0.05) is 23.2 Å². The average Bonchev–Trinajstić information content (AvgIpc) is 2.37. The van der Waals surface area contributed by atoms with Crippen molar-refractivity contribution in [3.63, 3.8) is 0 Å². The number of nitrogens with one attached hydrogen (secondary N) is 1. The quantitative estimate of drug-likeness (QED) is 0.804. The predicted molar refractivity (Wildman–Crippen MR) is 81.2 cm³/mol. The number of rotatable bonds is 4. The molecule has 6 heteroatoms. The van der Waals surface area contributed by atoms with Gasteiger partial charge in [0.1, 0.15) is 5.75 Å². The molecule has 0 atom stereocenters. The Morgan fingerprint density at radius 1 is 1.26 bits per heavy atom. The maximum Gasteiger partial charge on any atom is 0.219 e. The van der Waals surface area contributed by atoms with Crippen molar-refractivity contribution < 1.29 is 4.74 Å². The molecule has 0 aliphatic heterocycles. The molecule has 0 amide bonds. The molecule has 1 aromatic heterocycles. The fourth-order valence-electron chi connectivity index (χ4n) is 1.49. The maximum atomic E-state index is 6.10. The molecule has 0 fully saturated rings. The number of hydrogen-bond donors (Lipinski definition) is 1. The Kier molecular flexibility index (Phi) is 5.05. The summed E-state index contributed by atoms with van der Waals surface area (Å²) in [5, 5.41) is 4.03. The molecule has 0 aliphatic rings. The van der Waals surface area contributed by atoms with E-state index in [1.54, 1.807) is 18.2 Å². The first kappa shape index (κ1) is 14.6. The summed E-state index contributed by atoms with van der Waals surface area (Å²) in [7, 11) is 1.86. The van der Waals surface area contributed by atoms with Crippen molar-refractivity contribution in [1.82, 2.24) is 10.3 Å². The molecule has 0 bridgehead atoms. The summed E-state index contributed by atoms with van der Waals surface area (Å²) < 4.78 is 6.38. The van der Waals surface area contributed by atoms with Gasteiger partial charge in [0.05, 0.1) is 15.7 Å². The number of halogens is 3. The lowest BCUT2D eigenvalue weighted by atomic mass is 10.3. The summed E-state index contributed by atoms with van der Waals surface area (Å²) in [5.74, 6) is 0.956. The molecule has 0 radical (unpaired) electrons. The van der Waals surface area contributed by atoms with Crippen LogP contribution in [0.1, 0.15) is 5.69 Å². The van der Waals surface area contributed by atoms with Crippen LogP contribution in [0, 0.1) is 0 Å². The zero-order valence-electron chi connectivity index (χ0n) is 10.1. The highest BCUT2D eigenvalue weighted by Crippen LogP contribution is 2.36. The molecule has 0 unspecified atom stereocenters. The van der Waals surface area contributed by atoms with E-state index in [4.69, 9.17) is 27.9 Å². The van der Waals surface area contributed by atoms with Crippen LogP contribution in [0.4, 0.5) is 0 Å². The minimum Gasteiger partial charge on any atom is -0.437 e. The van der Waals surface area contributed by atoms with Crippen molar-refractivity contribution >= 4 is 39.1 Å². The third kappa shape index (κ3) is 3.83. The summed E-state index contributed by atoms with van der Waals surface area (Å²) in [5.41, 5.74) is 0.888. The fourth-order valence-corrected chi connectivity index (χ4v) is 2.32. The van der Waals surface area contributed by atoms with E-state index in [2.05, 4.69) is 26.2 Å². The van der Waals surface area contributed by atoms with Crippen LogP contribution in [0.2, 0.25) is 10.0 Å². The van der Waals surface area contributed by atoms with Crippen LogP contribution in [0.25, 0.3) is 0 Å². The van der Waals surface area contributed by atoms with Gasteiger partial charge in [-0.25, -0.2) is 4.98 Å². The van der Waals surface area contributed by atoms with E-state index in [-0.39, 0.29) is 0 Å². The third-order valence-electron chi connectivity index (χ3n) is 2.33. The molecule has 100 valence electrons. The highest BCUT2D eigenvalue weighted by molar-refractivity contribution is 9.10. The van der Waals surface area contributed by atoms with Crippen LogP contribution >= 0.6 is 39.1 Å². The molecule has 0 saturated heterocycles. The topological polar surface area (TPSA) is 34.1 Å². The molecule has 0 aliphatic carbocycles. The summed E-state index contributed by atoms with van der Waals surface area (Å²) in [6.45, 7) is 0.673. The first-order valence-electron chi connectivity index (χ1n) is 5.53. The molecule has 2 rings (SSSR count). The number of aromatic nitrogens is 1. The van der Waals surface area contributed by atoms with Gasteiger partial charge in [-0.3, -0.25) is 0 Å². The van der Waals surface area contributed by atoms with E-state index in [1.807, 2.05) is 19.2 Å². The van der Waals surface area contributed by atoms with E-state index >= 15 is 0 Å². The predicted octanol–water partition coefficient (Wildman–Crippen LogP) is 4.66. The van der Waals surface area contributed by atoms with E-state index in [9.17, 15) is 0 Å². The standard InChI is InChI=1S/C13H11BrCl2N2O/c1-17-7-8-3-2-4-13(18-8)19-12-6-10(15)9(14)5-11(12)16/h2-6,17H,7H2,1H3. The highest BCUT2D eigenvalue weighted by Gasteiger charge is 2.09. The van der Waals surface area contributed by atoms with Gasteiger partial charge in [-0.2, -0.15) is 0 Å². The second-order valence-corrected chi connectivity index (χ2v) is 5.47. The summed E-state index contributed by atoms with van der Waals surface area (Å²) in [4.78, 5) is 4.35. The Hall–Kier alpha value is -0.810. The largest absolute Gasteiger partial charge is 0.437 e. The summed E-state index contributed by atoms with van der Waals surface area (Å²) in [6, 6.07) is 8.91. The third-order valence-corrected chi connectivity index (χ3v) is 3.82. The van der Waals surface area contributed by atoms with Gasteiger partial charge in [0.2, 0.25) is 5.88 Å². The molecule has 1 aromatic carbocycles. The van der Waals surface area contributed by atoms with E-state index in [1.165, 1.54) is 0 Å². The Morgan fingerprint density at radius 2 is 2.05 bits per heavy atom. The minimum atomic E-state index is 0.470. The smallest absolute Gasteiger partial charge is 0.219 e. The number of pyridine rings is 1. The first-order chi connectivity index (χ1) is 9.10. The molecule has 0 saturated carbocycles. The number of ether oxygens (including phenoxy) is 1. The Labute approximate surface area is 130 Å². The van der Waals surface area contributed by atoms with Crippen molar-refractivity contribution in [2.24, 2.45) is 0 Å². The van der Waals surface area contributed by atoms with Gasteiger partial charge >= 0.3 is 0 Å². The number of hydrogen-bond acceptors (Lipinski definition) is 3. The van der Waals surface area contributed by atoms with Crippen molar-refractivity contribution in [2.75, 3.05) is 7.05 Å². The fraction of sp³-hybridized carbons (Fsp3) is 0.154. The number of nitrogens with zero attached hydrogens (tertiary/aromatic N) is 1. The van der Waals surface area contributed by atoms with E-state index in [0.717, 1.165) is 10.2 Å². The minimum absolute atomic E-state index is 0.470. The Morgan fingerprint density at radius 3 is 2.79 bits per heavy atom. The molecule has 2 aromatic rings. The van der Waals surface area contributed by atoms with Crippen molar-refractivity contribution in [3.8, 4) is 11.6 Å². The zero-order valence-corrected chi connectivity index (χ0v) is 13.2. The SMILES string of the molecule is CNCc1cccc(Oc2cc(Cl)c(Br)cc2Cl)n1. The molecular formula is C13H11BrCl2N2O. The zero-order chi connectivity index (χ0) is 13.8. The molecule has 19 heavy (non-hydrogen) atoms. The van der Waals surface area contributed by atoms with Crippen LogP contribution < -0.4 is 10.1 Å². The summed E-state index contributed by atoms with van der Waals surface area (Å²) in [6.07, 6.45) is 0. The van der Waals surface area contributed by atoms with Gasteiger partial charge in [0.15, 0.2) is 0 Å². The molecule has 3 nitrogen and oxygen atoms in total. The second kappa shape index (κ2) is 6.57. The van der Waals surface area contributed by atoms with Gasteiger partial charge < -0.3 is 10.1 Å². The van der Waals surface area contributed by atoms with Gasteiger partial charge in [-0.15, -0.1) is 0 Å².